The zero-order chi connectivity index (χ0) is 16.9. The molecule has 124 valence electrons. The Bertz CT molecular complexity index is 710. The maximum absolute atomic E-state index is 12.6. The van der Waals surface area contributed by atoms with Crippen LogP contribution in [-0.4, -0.2) is 29.3 Å². The van der Waals surface area contributed by atoms with E-state index < -0.39 is 11.9 Å². The molecule has 2 aromatic rings. The molecule has 24 heavy (non-hydrogen) atoms. The van der Waals surface area contributed by atoms with E-state index in [1.165, 1.54) is 0 Å². The first-order valence-electron chi connectivity index (χ1n) is 8.38. The van der Waals surface area contributed by atoms with Crippen molar-refractivity contribution in [1.29, 1.82) is 0 Å². The molecule has 4 nitrogen and oxygen atoms in total. The monoisotopic (exact) mass is 322 g/mol. The average molecular weight is 322 g/mol. The van der Waals surface area contributed by atoms with E-state index in [-0.39, 0.29) is 5.91 Å². The summed E-state index contributed by atoms with van der Waals surface area (Å²) in [5.41, 5.74) is 8.67. The number of carbonyl (C=O) groups excluding carboxylic acids is 2. The molecule has 2 amide bonds. The smallest absolute Gasteiger partial charge is 0.240 e. The first-order valence-corrected chi connectivity index (χ1v) is 8.38. The van der Waals surface area contributed by atoms with Gasteiger partial charge in [0.2, 0.25) is 11.8 Å². The number of rotatable bonds is 4. The van der Waals surface area contributed by atoms with Crippen LogP contribution in [0.2, 0.25) is 0 Å². The Morgan fingerprint density at radius 2 is 1.62 bits per heavy atom. The van der Waals surface area contributed by atoms with Crippen LogP contribution in [0.15, 0.2) is 54.6 Å². The topological polar surface area (TPSA) is 63.4 Å². The molecule has 1 aliphatic heterocycles. The molecule has 2 aromatic carbocycles. The van der Waals surface area contributed by atoms with Crippen LogP contribution in [0.5, 0.6) is 0 Å². The third-order valence-corrected chi connectivity index (χ3v) is 4.57. The van der Waals surface area contributed by atoms with E-state index in [2.05, 4.69) is 12.1 Å². The number of amides is 2. The molecule has 0 spiro atoms. The van der Waals surface area contributed by atoms with Gasteiger partial charge in [-0.05, 0) is 36.0 Å². The van der Waals surface area contributed by atoms with Gasteiger partial charge in [0.05, 0.1) is 6.42 Å². The molecule has 1 heterocycles. The molecule has 0 aromatic heterocycles. The van der Waals surface area contributed by atoms with Crippen LogP contribution < -0.4 is 5.73 Å². The molecule has 0 radical (unpaired) electrons. The third-order valence-electron chi connectivity index (χ3n) is 4.57. The van der Waals surface area contributed by atoms with E-state index in [9.17, 15) is 9.59 Å². The summed E-state index contributed by atoms with van der Waals surface area (Å²) in [5.74, 6) is -0.423. The van der Waals surface area contributed by atoms with Crippen LogP contribution in [0, 0.1) is 0 Å². The lowest BCUT2D eigenvalue weighted by molar-refractivity contribution is -0.140. The van der Waals surface area contributed by atoms with Crippen LogP contribution in [-0.2, 0) is 16.0 Å². The highest BCUT2D eigenvalue weighted by Gasteiger charge is 2.30. The molecule has 1 atom stereocenters. The number of nitrogens with zero attached hydrogens (tertiary/aromatic N) is 1. The number of likely N-dealkylation sites (tertiary alicyclic amines) is 1. The van der Waals surface area contributed by atoms with Crippen LogP contribution in [0.4, 0.5) is 0 Å². The molecule has 1 saturated heterocycles. The standard InChI is InChI=1S/C20H22N2O2/c21-20(24)18-8-4-5-13-22(18)19(23)14-15-9-11-17(12-10-15)16-6-2-1-3-7-16/h1-3,6-7,9-12,18H,4-5,8,13-14H2,(H2,21,24)/t18-/m0/s1. The predicted octanol–water partition coefficient (Wildman–Crippen LogP) is 2.76. The summed E-state index contributed by atoms with van der Waals surface area (Å²) < 4.78 is 0. The van der Waals surface area contributed by atoms with Crippen molar-refractivity contribution in [2.45, 2.75) is 31.7 Å². The summed E-state index contributed by atoms with van der Waals surface area (Å²) in [6.45, 7) is 0.620. The maximum atomic E-state index is 12.6. The second kappa shape index (κ2) is 7.30. The van der Waals surface area contributed by atoms with Gasteiger partial charge in [-0.3, -0.25) is 9.59 Å². The lowest BCUT2D eigenvalue weighted by Gasteiger charge is -2.33. The Balaban J connectivity index is 1.69. The van der Waals surface area contributed by atoms with E-state index >= 15 is 0 Å². The Morgan fingerprint density at radius 3 is 2.29 bits per heavy atom. The zero-order valence-electron chi connectivity index (χ0n) is 13.7. The lowest BCUT2D eigenvalue weighted by Crippen LogP contribution is -2.50. The normalized spacial score (nSPS) is 17.5. The van der Waals surface area contributed by atoms with Gasteiger partial charge in [-0.15, -0.1) is 0 Å². The fraction of sp³-hybridized carbons (Fsp3) is 0.300. The van der Waals surface area contributed by atoms with Gasteiger partial charge < -0.3 is 10.6 Å². The molecule has 0 bridgehead atoms. The maximum Gasteiger partial charge on any atom is 0.240 e. The number of benzene rings is 2. The summed E-state index contributed by atoms with van der Waals surface area (Å²) in [7, 11) is 0. The minimum atomic E-state index is -0.449. The first kappa shape index (κ1) is 16.2. The van der Waals surface area contributed by atoms with Crippen molar-refractivity contribution in [3.63, 3.8) is 0 Å². The third kappa shape index (κ3) is 3.65. The Kier molecular flexibility index (Phi) is 4.94. The van der Waals surface area contributed by atoms with Crippen molar-refractivity contribution in [3.05, 3.63) is 60.2 Å². The van der Waals surface area contributed by atoms with Crippen molar-refractivity contribution < 1.29 is 9.59 Å². The van der Waals surface area contributed by atoms with E-state index in [1.54, 1.807) is 4.90 Å². The van der Waals surface area contributed by atoms with Gasteiger partial charge in [-0.25, -0.2) is 0 Å². The second-order valence-corrected chi connectivity index (χ2v) is 6.24. The molecule has 0 saturated carbocycles. The van der Waals surface area contributed by atoms with Crippen molar-refractivity contribution in [2.24, 2.45) is 5.73 Å². The van der Waals surface area contributed by atoms with Gasteiger partial charge in [-0.1, -0.05) is 54.6 Å². The first-order chi connectivity index (χ1) is 11.6. The van der Waals surface area contributed by atoms with Gasteiger partial charge in [0.25, 0.3) is 0 Å². The number of nitrogens with two attached hydrogens (primary N) is 1. The summed E-state index contributed by atoms with van der Waals surface area (Å²) >= 11 is 0. The molecule has 0 unspecified atom stereocenters. The molecule has 1 fully saturated rings. The minimum absolute atomic E-state index is 0.0223. The highest BCUT2D eigenvalue weighted by atomic mass is 16.2. The summed E-state index contributed by atoms with van der Waals surface area (Å²) in [4.78, 5) is 25.8. The molecule has 4 heteroatoms. The fourth-order valence-electron chi connectivity index (χ4n) is 3.25. The predicted molar refractivity (Wildman–Crippen MR) is 94.1 cm³/mol. The number of piperidine rings is 1. The molecular weight excluding hydrogens is 300 g/mol. The van der Waals surface area contributed by atoms with Crippen molar-refractivity contribution in [1.82, 2.24) is 4.90 Å². The van der Waals surface area contributed by atoms with Gasteiger partial charge in [0.15, 0.2) is 0 Å². The van der Waals surface area contributed by atoms with E-state index in [0.29, 0.717) is 19.4 Å². The zero-order valence-corrected chi connectivity index (χ0v) is 13.7. The largest absolute Gasteiger partial charge is 0.368 e. The Labute approximate surface area is 142 Å². The fourth-order valence-corrected chi connectivity index (χ4v) is 3.25. The highest BCUT2D eigenvalue weighted by Crippen LogP contribution is 2.21. The number of primary amides is 1. The minimum Gasteiger partial charge on any atom is -0.368 e. The Morgan fingerprint density at radius 1 is 0.958 bits per heavy atom. The summed E-state index contributed by atoms with van der Waals surface area (Å²) in [5, 5.41) is 0. The second-order valence-electron chi connectivity index (χ2n) is 6.24. The van der Waals surface area contributed by atoms with Crippen LogP contribution in [0.25, 0.3) is 11.1 Å². The quantitative estimate of drug-likeness (QED) is 0.941. The highest BCUT2D eigenvalue weighted by molar-refractivity contribution is 5.87. The van der Waals surface area contributed by atoms with Gasteiger partial charge in [-0.2, -0.15) is 0 Å². The van der Waals surface area contributed by atoms with Crippen LogP contribution >= 0.6 is 0 Å². The number of hydrogen-bond donors (Lipinski definition) is 1. The Hall–Kier alpha value is -2.62. The van der Waals surface area contributed by atoms with Crippen molar-refractivity contribution in [2.75, 3.05) is 6.54 Å². The van der Waals surface area contributed by atoms with Crippen LogP contribution in [0.1, 0.15) is 24.8 Å². The summed E-state index contributed by atoms with van der Waals surface area (Å²) in [6.07, 6.45) is 2.86. The van der Waals surface area contributed by atoms with Crippen molar-refractivity contribution >= 4 is 11.8 Å². The van der Waals surface area contributed by atoms with Gasteiger partial charge >= 0.3 is 0 Å². The summed E-state index contributed by atoms with van der Waals surface area (Å²) in [6, 6.07) is 17.7. The van der Waals surface area contributed by atoms with Gasteiger partial charge in [0, 0.05) is 6.54 Å². The van der Waals surface area contributed by atoms with Crippen LogP contribution in [0.3, 0.4) is 0 Å². The molecule has 2 N–H and O–H groups in total. The lowest BCUT2D eigenvalue weighted by atomic mass is 9.99. The molecular formula is C20H22N2O2. The average Bonchev–Trinajstić information content (AvgIpc) is 2.63. The van der Waals surface area contributed by atoms with E-state index in [4.69, 9.17) is 5.73 Å². The van der Waals surface area contributed by atoms with E-state index in [1.807, 2.05) is 42.5 Å². The number of carbonyl (C=O) groups is 2. The van der Waals surface area contributed by atoms with Gasteiger partial charge in [0.1, 0.15) is 6.04 Å². The molecule has 0 aliphatic carbocycles. The van der Waals surface area contributed by atoms with Crippen molar-refractivity contribution in [3.8, 4) is 11.1 Å². The van der Waals surface area contributed by atoms with E-state index in [0.717, 1.165) is 29.5 Å². The number of hydrogen-bond acceptors (Lipinski definition) is 2. The molecule has 3 rings (SSSR count). The SMILES string of the molecule is NC(=O)[C@@H]1CCCCN1C(=O)Cc1ccc(-c2ccccc2)cc1. The molecule has 1 aliphatic rings.